The highest BCUT2D eigenvalue weighted by Gasteiger charge is 2.30. The Hall–Kier alpha value is -0.700. The van der Waals surface area contributed by atoms with Crippen LogP contribution < -0.4 is 0 Å². The topological polar surface area (TPSA) is 47.6 Å². The molecule has 0 N–H and O–H groups in total. The van der Waals surface area contributed by atoms with Crippen LogP contribution in [-0.2, 0) is 6.18 Å². The zero-order chi connectivity index (χ0) is 11.4. The highest BCUT2D eigenvalue weighted by atomic mass is 35.5. The van der Waals surface area contributed by atoms with Crippen molar-refractivity contribution < 1.29 is 13.2 Å². The van der Waals surface area contributed by atoms with Crippen molar-refractivity contribution in [1.29, 1.82) is 10.8 Å². The summed E-state index contributed by atoms with van der Waals surface area (Å²) in [5, 5.41) is 12.0. The lowest BCUT2D eigenvalue weighted by Crippen LogP contribution is -2.04. The molecule has 0 aliphatic rings. The van der Waals surface area contributed by atoms with Gasteiger partial charge in [0.25, 0.3) is 0 Å². The van der Waals surface area contributed by atoms with E-state index in [0.29, 0.717) is 0 Å². The van der Waals surface area contributed by atoms with Crippen LogP contribution in [-0.4, -0.2) is 0 Å². The van der Waals surface area contributed by atoms with E-state index >= 15 is 0 Å². The Bertz CT molecular complexity index is 318. The standard InChI is InChI=1S/C7H3Cl2F3.ClH.N2/c8-5-1-4(7(10,11)12)2-6(9)3-5;;1-2/h1-3H;1H;. The maximum atomic E-state index is 12.0. The molecule has 0 unspecified atom stereocenters. The number of alkyl halides is 3. The van der Waals surface area contributed by atoms with E-state index in [1.54, 1.807) is 0 Å². The molecule has 0 radical (unpaired) electrons. The van der Waals surface area contributed by atoms with E-state index in [4.69, 9.17) is 34.0 Å². The minimum atomic E-state index is -4.39. The Morgan fingerprint density at radius 1 is 0.933 bits per heavy atom. The lowest BCUT2D eigenvalue weighted by molar-refractivity contribution is -0.137. The fourth-order valence-electron chi connectivity index (χ4n) is 0.717. The first-order valence-corrected chi connectivity index (χ1v) is 3.88. The zero-order valence-electron chi connectivity index (χ0n) is 6.92. The summed E-state index contributed by atoms with van der Waals surface area (Å²) in [6.45, 7) is 0. The minimum absolute atomic E-state index is 0. The van der Waals surface area contributed by atoms with Crippen molar-refractivity contribution in [2.24, 2.45) is 0 Å². The Kier molecular flexibility index (Phi) is 7.49. The van der Waals surface area contributed by atoms with Gasteiger partial charge in [-0.25, -0.2) is 0 Å². The van der Waals surface area contributed by atoms with Crippen LogP contribution >= 0.6 is 35.6 Å². The normalized spacial score (nSPS) is 9.53. The van der Waals surface area contributed by atoms with Crippen molar-refractivity contribution in [2.75, 3.05) is 0 Å². The molecule has 0 atom stereocenters. The van der Waals surface area contributed by atoms with Crippen LogP contribution in [0.15, 0.2) is 18.2 Å². The first-order chi connectivity index (χ1) is 6.39. The van der Waals surface area contributed by atoms with Gasteiger partial charge in [-0.2, -0.15) is 13.2 Å². The molecule has 2 nitrogen and oxygen atoms in total. The maximum absolute atomic E-state index is 12.0. The molecule has 1 aromatic carbocycles. The number of halogens is 6. The molecule has 0 spiro atoms. The van der Waals surface area contributed by atoms with E-state index in [-0.39, 0.29) is 22.5 Å². The Morgan fingerprint density at radius 3 is 1.53 bits per heavy atom. The van der Waals surface area contributed by atoms with E-state index in [9.17, 15) is 13.2 Å². The minimum Gasteiger partial charge on any atom is -0.166 e. The molecule has 15 heavy (non-hydrogen) atoms. The number of hydrogen-bond donors (Lipinski definition) is 0. The SMILES string of the molecule is Cl.FC(F)(F)c1cc(Cl)cc(Cl)c1.N#N. The fourth-order valence-corrected chi connectivity index (χ4v) is 1.24. The third-order valence-electron chi connectivity index (χ3n) is 1.19. The van der Waals surface area contributed by atoms with E-state index in [1.807, 2.05) is 0 Å². The molecule has 0 amide bonds. The van der Waals surface area contributed by atoms with Crippen molar-refractivity contribution in [2.45, 2.75) is 6.18 Å². The predicted octanol–water partition coefficient (Wildman–Crippen LogP) is 4.46. The second-order valence-corrected chi connectivity index (χ2v) is 3.03. The summed E-state index contributed by atoms with van der Waals surface area (Å²) in [5.74, 6) is 0. The van der Waals surface area contributed by atoms with Gasteiger partial charge in [-0.15, -0.1) is 12.4 Å². The second-order valence-electron chi connectivity index (χ2n) is 2.16. The monoisotopic (exact) mass is 278 g/mol. The Morgan fingerprint density at radius 2 is 1.27 bits per heavy atom. The molecule has 0 saturated heterocycles. The van der Waals surface area contributed by atoms with Gasteiger partial charge in [0.15, 0.2) is 0 Å². The van der Waals surface area contributed by atoms with Crippen LogP contribution in [0, 0.1) is 10.8 Å². The number of rotatable bonds is 0. The summed E-state index contributed by atoms with van der Waals surface area (Å²) in [6.07, 6.45) is -4.39. The average Bonchev–Trinajstić information content (AvgIpc) is 2.04. The molecule has 1 aromatic rings. The molecular weight excluding hydrogens is 275 g/mol. The Balaban J connectivity index is 0. The van der Waals surface area contributed by atoms with Gasteiger partial charge in [-0.1, -0.05) is 23.2 Å². The summed E-state index contributed by atoms with van der Waals surface area (Å²) in [6, 6.07) is 2.90. The average molecular weight is 279 g/mol. The van der Waals surface area contributed by atoms with Crippen molar-refractivity contribution in [1.82, 2.24) is 0 Å². The molecule has 0 aliphatic carbocycles. The fraction of sp³-hybridized carbons (Fsp3) is 0.143. The third-order valence-corrected chi connectivity index (χ3v) is 1.63. The van der Waals surface area contributed by atoms with E-state index in [1.165, 1.54) is 6.07 Å². The first kappa shape index (κ1) is 16.7. The first-order valence-electron chi connectivity index (χ1n) is 3.13. The molecule has 0 aromatic heterocycles. The van der Waals surface area contributed by atoms with Gasteiger partial charge in [0, 0.05) is 20.8 Å². The van der Waals surface area contributed by atoms with E-state index in [0.717, 1.165) is 12.1 Å². The van der Waals surface area contributed by atoms with Crippen LogP contribution in [0.1, 0.15) is 5.56 Å². The molecule has 0 bridgehead atoms. The summed E-state index contributed by atoms with van der Waals surface area (Å²) in [5.41, 5.74) is -0.833. The quantitative estimate of drug-likeness (QED) is 0.658. The van der Waals surface area contributed by atoms with Gasteiger partial charge in [0.2, 0.25) is 0 Å². The van der Waals surface area contributed by atoms with Crippen LogP contribution in [0.3, 0.4) is 0 Å². The predicted molar refractivity (Wildman–Crippen MR) is 52.2 cm³/mol. The Labute approximate surface area is 99.8 Å². The summed E-state index contributed by atoms with van der Waals surface area (Å²) >= 11 is 10.7. The van der Waals surface area contributed by atoms with Crippen LogP contribution in [0.2, 0.25) is 10.0 Å². The van der Waals surface area contributed by atoms with Crippen LogP contribution in [0.4, 0.5) is 13.2 Å². The third kappa shape index (κ3) is 5.67. The van der Waals surface area contributed by atoms with Gasteiger partial charge in [0.1, 0.15) is 0 Å². The van der Waals surface area contributed by atoms with Gasteiger partial charge >= 0.3 is 6.18 Å². The lowest BCUT2D eigenvalue weighted by Gasteiger charge is -2.06. The lowest BCUT2D eigenvalue weighted by atomic mass is 10.2. The number of benzene rings is 1. The van der Waals surface area contributed by atoms with Crippen molar-refractivity contribution >= 4 is 35.6 Å². The van der Waals surface area contributed by atoms with Crippen molar-refractivity contribution in [3.05, 3.63) is 33.8 Å². The second kappa shape index (κ2) is 6.72. The molecular formula is C7H4Cl3F3N2. The molecule has 0 aliphatic heterocycles. The van der Waals surface area contributed by atoms with E-state index < -0.39 is 11.7 Å². The molecule has 84 valence electrons. The van der Waals surface area contributed by atoms with Crippen molar-refractivity contribution in [3.8, 4) is 0 Å². The summed E-state index contributed by atoms with van der Waals surface area (Å²) in [7, 11) is 0. The molecule has 0 heterocycles. The zero-order valence-corrected chi connectivity index (χ0v) is 9.25. The van der Waals surface area contributed by atoms with Crippen LogP contribution in [0.5, 0.6) is 0 Å². The van der Waals surface area contributed by atoms with E-state index in [2.05, 4.69) is 0 Å². The van der Waals surface area contributed by atoms with Crippen molar-refractivity contribution in [3.63, 3.8) is 0 Å². The van der Waals surface area contributed by atoms with Crippen LogP contribution in [0.25, 0.3) is 0 Å². The highest BCUT2D eigenvalue weighted by molar-refractivity contribution is 6.34. The highest BCUT2D eigenvalue weighted by Crippen LogP contribution is 2.32. The molecule has 1 rings (SSSR count). The maximum Gasteiger partial charge on any atom is 0.416 e. The van der Waals surface area contributed by atoms with Gasteiger partial charge in [-0.05, 0) is 18.2 Å². The van der Waals surface area contributed by atoms with Gasteiger partial charge in [0.05, 0.1) is 5.56 Å². The molecule has 0 saturated carbocycles. The number of hydrogen-bond acceptors (Lipinski definition) is 2. The molecule has 0 fully saturated rings. The smallest absolute Gasteiger partial charge is 0.166 e. The summed E-state index contributed by atoms with van der Waals surface area (Å²) in [4.78, 5) is 0. The van der Waals surface area contributed by atoms with Gasteiger partial charge in [-0.3, -0.25) is 0 Å². The summed E-state index contributed by atoms with van der Waals surface area (Å²) < 4.78 is 36.1. The van der Waals surface area contributed by atoms with Gasteiger partial charge < -0.3 is 0 Å². The molecule has 8 heteroatoms. The number of nitrogens with zero attached hydrogens (tertiary/aromatic N) is 2. The largest absolute Gasteiger partial charge is 0.416 e.